The first-order chi connectivity index (χ1) is 12.8. The topological polar surface area (TPSA) is 58.2 Å². The van der Waals surface area contributed by atoms with Gasteiger partial charge < -0.3 is 10.6 Å². The molecule has 2 rings (SSSR count). The van der Waals surface area contributed by atoms with E-state index in [0.717, 1.165) is 17.1 Å². The molecule has 0 saturated carbocycles. The van der Waals surface area contributed by atoms with Gasteiger partial charge in [-0.15, -0.1) is 0 Å². The molecule has 0 aliphatic rings. The Hall–Kier alpha value is -2.48. The van der Waals surface area contributed by atoms with Crippen LogP contribution in [0.3, 0.4) is 0 Å². The summed E-state index contributed by atoms with van der Waals surface area (Å²) in [6.45, 7) is 0.625. The van der Waals surface area contributed by atoms with Crippen LogP contribution in [-0.2, 0) is 5.75 Å². The van der Waals surface area contributed by atoms with E-state index in [9.17, 15) is 22.8 Å². The summed E-state index contributed by atoms with van der Waals surface area (Å²) in [4.78, 5) is 24.4. The van der Waals surface area contributed by atoms with E-state index in [1.54, 1.807) is 35.3 Å². The van der Waals surface area contributed by atoms with Crippen molar-refractivity contribution < 1.29 is 22.8 Å². The molecule has 0 aliphatic carbocycles. The van der Waals surface area contributed by atoms with Crippen LogP contribution in [0.25, 0.3) is 0 Å². The number of carbonyl (C=O) groups excluding carboxylic acids is 2. The molecule has 8 heteroatoms. The molecule has 2 aromatic carbocycles. The SMILES string of the molecule is CCSCc1ccc(C(=O)Nc2ccccc2C(=O)NCC(F)(F)F)cc1. The van der Waals surface area contributed by atoms with Gasteiger partial charge in [0.2, 0.25) is 0 Å². The first-order valence-electron chi connectivity index (χ1n) is 8.22. The number of hydrogen-bond donors (Lipinski definition) is 2. The van der Waals surface area contributed by atoms with Crippen LogP contribution < -0.4 is 10.6 Å². The van der Waals surface area contributed by atoms with Crippen molar-refractivity contribution in [3.05, 3.63) is 65.2 Å². The number of para-hydroxylation sites is 1. The van der Waals surface area contributed by atoms with E-state index in [0.29, 0.717) is 5.56 Å². The number of benzene rings is 2. The van der Waals surface area contributed by atoms with Gasteiger partial charge in [0.25, 0.3) is 11.8 Å². The lowest BCUT2D eigenvalue weighted by atomic mass is 10.1. The van der Waals surface area contributed by atoms with Crippen LogP contribution in [0.15, 0.2) is 48.5 Å². The number of carbonyl (C=O) groups is 2. The van der Waals surface area contributed by atoms with Gasteiger partial charge in [0.15, 0.2) is 0 Å². The fraction of sp³-hybridized carbons (Fsp3) is 0.263. The molecule has 0 spiro atoms. The van der Waals surface area contributed by atoms with Crippen molar-refractivity contribution >= 4 is 29.3 Å². The van der Waals surface area contributed by atoms with Gasteiger partial charge in [0.05, 0.1) is 11.3 Å². The lowest BCUT2D eigenvalue weighted by Gasteiger charge is -2.13. The molecule has 0 aromatic heterocycles. The summed E-state index contributed by atoms with van der Waals surface area (Å²) >= 11 is 1.76. The molecule has 0 radical (unpaired) electrons. The molecular formula is C19H19F3N2O2S. The monoisotopic (exact) mass is 396 g/mol. The molecule has 144 valence electrons. The van der Waals surface area contributed by atoms with Crippen molar-refractivity contribution in [3.63, 3.8) is 0 Å². The van der Waals surface area contributed by atoms with Gasteiger partial charge in [-0.1, -0.05) is 31.2 Å². The zero-order chi connectivity index (χ0) is 19.9. The molecule has 0 atom stereocenters. The number of hydrogen-bond acceptors (Lipinski definition) is 3. The number of halogens is 3. The minimum Gasteiger partial charge on any atom is -0.343 e. The van der Waals surface area contributed by atoms with Crippen molar-refractivity contribution in [2.24, 2.45) is 0 Å². The van der Waals surface area contributed by atoms with Gasteiger partial charge in [-0.3, -0.25) is 9.59 Å². The predicted molar refractivity (Wildman–Crippen MR) is 101 cm³/mol. The highest BCUT2D eigenvalue weighted by molar-refractivity contribution is 7.98. The minimum atomic E-state index is -4.51. The zero-order valence-electron chi connectivity index (χ0n) is 14.6. The minimum absolute atomic E-state index is 0.0361. The van der Waals surface area contributed by atoms with E-state index in [1.807, 2.05) is 12.1 Å². The van der Waals surface area contributed by atoms with Crippen molar-refractivity contribution in [3.8, 4) is 0 Å². The number of rotatable bonds is 7. The Bertz CT molecular complexity index is 792. The van der Waals surface area contributed by atoms with Crippen LogP contribution in [-0.4, -0.2) is 30.3 Å². The maximum absolute atomic E-state index is 12.4. The third kappa shape index (κ3) is 6.63. The lowest BCUT2D eigenvalue weighted by Crippen LogP contribution is -2.34. The highest BCUT2D eigenvalue weighted by Gasteiger charge is 2.28. The summed E-state index contributed by atoms with van der Waals surface area (Å²) in [6, 6.07) is 13.0. The molecule has 0 saturated heterocycles. The molecule has 2 amide bonds. The summed E-state index contributed by atoms with van der Waals surface area (Å²) in [7, 11) is 0. The molecule has 0 heterocycles. The van der Waals surface area contributed by atoms with E-state index >= 15 is 0 Å². The molecule has 0 unspecified atom stereocenters. The summed E-state index contributed by atoms with van der Waals surface area (Å²) in [5, 5.41) is 4.38. The number of amides is 2. The summed E-state index contributed by atoms with van der Waals surface area (Å²) < 4.78 is 36.9. The predicted octanol–water partition coefficient (Wildman–Crippen LogP) is 4.48. The standard InChI is InChI=1S/C19H19F3N2O2S/c1-2-27-11-13-7-9-14(10-8-13)17(25)24-16-6-4-3-5-15(16)18(26)23-12-19(20,21)22/h3-10H,2,11-12H2,1H3,(H,23,26)(H,24,25). The molecule has 0 fully saturated rings. The van der Waals surface area contributed by atoms with Gasteiger partial charge >= 0.3 is 6.18 Å². The largest absolute Gasteiger partial charge is 0.405 e. The van der Waals surface area contributed by atoms with Crippen molar-refractivity contribution in [2.45, 2.75) is 18.9 Å². The molecule has 2 aromatic rings. The normalized spacial score (nSPS) is 11.1. The molecule has 4 nitrogen and oxygen atoms in total. The van der Waals surface area contributed by atoms with Crippen LogP contribution in [0, 0.1) is 0 Å². The Morgan fingerprint density at radius 1 is 1.00 bits per heavy atom. The van der Waals surface area contributed by atoms with Gasteiger partial charge in [-0.05, 0) is 35.6 Å². The van der Waals surface area contributed by atoms with Crippen molar-refractivity contribution in [1.29, 1.82) is 0 Å². The van der Waals surface area contributed by atoms with Crippen LogP contribution in [0.1, 0.15) is 33.2 Å². The van der Waals surface area contributed by atoms with Crippen LogP contribution in [0.5, 0.6) is 0 Å². The zero-order valence-corrected chi connectivity index (χ0v) is 15.4. The maximum Gasteiger partial charge on any atom is 0.405 e. The molecular weight excluding hydrogens is 377 g/mol. The smallest absolute Gasteiger partial charge is 0.343 e. The van der Waals surface area contributed by atoms with E-state index in [1.165, 1.54) is 18.2 Å². The lowest BCUT2D eigenvalue weighted by molar-refractivity contribution is -0.123. The van der Waals surface area contributed by atoms with Gasteiger partial charge in [0, 0.05) is 11.3 Å². The summed E-state index contributed by atoms with van der Waals surface area (Å²) in [5.74, 6) is 0.492. The number of nitrogens with one attached hydrogen (secondary N) is 2. The molecule has 2 N–H and O–H groups in total. The Morgan fingerprint density at radius 3 is 2.30 bits per heavy atom. The maximum atomic E-state index is 12.4. The second kappa shape index (κ2) is 9.45. The average molecular weight is 396 g/mol. The van der Waals surface area contributed by atoms with E-state index in [4.69, 9.17) is 0 Å². The molecule has 0 aliphatic heterocycles. The number of alkyl halides is 3. The number of anilines is 1. The second-order valence-electron chi connectivity index (χ2n) is 5.63. The Kier molecular flexibility index (Phi) is 7.29. The molecule has 27 heavy (non-hydrogen) atoms. The summed E-state index contributed by atoms with van der Waals surface area (Å²) in [5.41, 5.74) is 1.59. The van der Waals surface area contributed by atoms with E-state index < -0.39 is 24.5 Å². The third-order valence-electron chi connectivity index (χ3n) is 3.56. The van der Waals surface area contributed by atoms with Crippen LogP contribution in [0.2, 0.25) is 0 Å². The molecule has 0 bridgehead atoms. The fourth-order valence-corrected chi connectivity index (χ4v) is 2.86. The van der Waals surface area contributed by atoms with Crippen LogP contribution in [0.4, 0.5) is 18.9 Å². The van der Waals surface area contributed by atoms with E-state index in [2.05, 4.69) is 12.2 Å². The first-order valence-corrected chi connectivity index (χ1v) is 9.37. The highest BCUT2D eigenvalue weighted by Crippen LogP contribution is 2.19. The van der Waals surface area contributed by atoms with Gasteiger partial charge in [-0.2, -0.15) is 24.9 Å². The fourth-order valence-electron chi connectivity index (χ4n) is 2.23. The van der Waals surface area contributed by atoms with Gasteiger partial charge in [0.1, 0.15) is 6.54 Å². The number of thioether (sulfide) groups is 1. The van der Waals surface area contributed by atoms with Crippen molar-refractivity contribution in [1.82, 2.24) is 5.32 Å². The van der Waals surface area contributed by atoms with Gasteiger partial charge in [-0.25, -0.2) is 0 Å². The van der Waals surface area contributed by atoms with Crippen molar-refractivity contribution in [2.75, 3.05) is 17.6 Å². The average Bonchev–Trinajstić information content (AvgIpc) is 2.64. The Labute approximate surface area is 159 Å². The van der Waals surface area contributed by atoms with E-state index in [-0.39, 0.29) is 11.3 Å². The Morgan fingerprint density at radius 2 is 1.67 bits per heavy atom. The first kappa shape index (κ1) is 20.8. The second-order valence-corrected chi connectivity index (χ2v) is 6.91. The highest BCUT2D eigenvalue weighted by atomic mass is 32.2. The van der Waals surface area contributed by atoms with Crippen LogP contribution >= 0.6 is 11.8 Å². The quantitative estimate of drug-likeness (QED) is 0.725. The summed E-state index contributed by atoms with van der Waals surface area (Å²) in [6.07, 6.45) is -4.51. The third-order valence-corrected chi connectivity index (χ3v) is 4.50. The Balaban J connectivity index is 2.08.